The lowest BCUT2D eigenvalue weighted by Crippen LogP contribution is -2.34. The van der Waals surface area contributed by atoms with Crippen LogP contribution in [0.1, 0.15) is 40.5 Å². The molecule has 1 fully saturated rings. The van der Waals surface area contributed by atoms with Gasteiger partial charge in [0, 0.05) is 30.9 Å². The van der Waals surface area contributed by atoms with Crippen molar-refractivity contribution in [3.05, 3.63) is 47.1 Å². The van der Waals surface area contributed by atoms with Gasteiger partial charge < -0.3 is 19.3 Å². The molecule has 1 N–H and O–H groups in total. The van der Waals surface area contributed by atoms with Crippen molar-refractivity contribution in [1.29, 1.82) is 0 Å². The van der Waals surface area contributed by atoms with E-state index in [0.29, 0.717) is 12.8 Å². The fourth-order valence-electron chi connectivity index (χ4n) is 3.48. The highest BCUT2D eigenvalue weighted by Crippen LogP contribution is 2.36. The predicted octanol–water partition coefficient (Wildman–Crippen LogP) is 2.55. The van der Waals surface area contributed by atoms with Crippen LogP contribution in [0.5, 0.6) is 0 Å². The molecule has 7 nitrogen and oxygen atoms in total. The SMILES string of the molecule is C=C1C(=O)O[C@H]2/C=C(\C)[C@H](OC(C)=O)C/C=C(\C)C[C@@H](OC(=O)/C(C)=C/CO)[C@H]12. The predicted molar refractivity (Wildman–Crippen MR) is 106 cm³/mol. The van der Waals surface area contributed by atoms with E-state index in [-0.39, 0.29) is 17.8 Å². The summed E-state index contributed by atoms with van der Waals surface area (Å²) in [6.07, 6.45) is 4.05. The highest BCUT2D eigenvalue weighted by Gasteiger charge is 2.44. The number of aliphatic hydroxyl groups is 1. The molecule has 2 aliphatic rings. The van der Waals surface area contributed by atoms with Crippen molar-refractivity contribution in [3.63, 3.8) is 0 Å². The Hall–Kier alpha value is -2.67. The summed E-state index contributed by atoms with van der Waals surface area (Å²) in [6, 6.07) is 0. The van der Waals surface area contributed by atoms with Gasteiger partial charge in [-0.3, -0.25) is 4.79 Å². The van der Waals surface area contributed by atoms with Crippen molar-refractivity contribution in [2.24, 2.45) is 5.92 Å². The highest BCUT2D eigenvalue weighted by molar-refractivity contribution is 5.92. The lowest BCUT2D eigenvalue weighted by atomic mass is 9.85. The molecule has 1 heterocycles. The van der Waals surface area contributed by atoms with E-state index in [1.54, 1.807) is 19.9 Å². The van der Waals surface area contributed by atoms with E-state index in [2.05, 4.69) is 6.58 Å². The summed E-state index contributed by atoms with van der Waals surface area (Å²) in [5.74, 6) is -2.08. The summed E-state index contributed by atoms with van der Waals surface area (Å²) in [7, 11) is 0. The largest absolute Gasteiger partial charge is 0.458 e. The Bertz CT molecular complexity index is 787. The van der Waals surface area contributed by atoms with Crippen LogP contribution in [-0.4, -0.2) is 47.9 Å². The molecule has 0 unspecified atom stereocenters. The lowest BCUT2D eigenvalue weighted by Gasteiger charge is -2.28. The van der Waals surface area contributed by atoms with Crippen LogP contribution in [0.4, 0.5) is 0 Å². The van der Waals surface area contributed by atoms with Crippen molar-refractivity contribution in [1.82, 2.24) is 0 Å². The monoisotopic (exact) mass is 404 g/mol. The minimum Gasteiger partial charge on any atom is -0.458 e. The summed E-state index contributed by atoms with van der Waals surface area (Å²) < 4.78 is 16.6. The third kappa shape index (κ3) is 5.67. The second-order valence-corrected chi connectivity index (χ2v) is 7.43. The normalized spacial score (nSPS) is 31.6. The highest BCUT2D eigenvalue weighted by atomic mass is 16.6. The average molecular weight is 404 g/mol. The van der Waals surface area contributed by atoms with Crippen molar-refractivity contribution in [2.45, 2.75) is 58.8 Å². The van der Waals surface area contributed by atoms with Crippen LogP contribution in [-0.2, 0) is 28.6 Å². The van der Waals surface area contributed by atoms with Crippen LogP contribution < -0.4 is 0 Å². The first kappa shape index (κ1) is 22.6. The zero-order valence-electron chi connectivity index (χ0n) is 17.3. The molecule has 0 radical (unpaired) electrons. The third-order valence-electron chi connectivity index (χ3n) is 5.09. The van der Waals surface area contributed by atoms with E-state index >= 15 is 0 Å². The Balaban J connectivity index is 2.42. The first-order chi connectivity index (χ1) is 13.6. The second-order valence-electron chi connectivity index (χ2n) is 7.43. The van der Waals surface area contributed by atoms with E-state index in [4.69, 9.17) is 19.3 Å². The molecular formula is C22H28O7. The summed E-state index contributed by atoms with van der Waals surface area (Å²) in [6.45, 7) is 10.2. The van der Waals surface area contributed by atoms with Crippen LogP contribution >= 0.6 is 0 Å². The fourth-order valence-corrected chi connectivity index (χ4v) is 3.48. The molecule has 29 heavy (non-hydrogen) atoms. The molecule has 0 spiro atoms. The number of hydrogen-bond donors (Lipinski definition) is 1. The molecule has 1 aliphatic heterocycles. The molecule has 0 amide bonds. The second kappa shape index (κ2) is 9.69. The number of hydrogen-bond acceptors (Lipinski definition) is 7. The topological polar surface area (TPSA) is 99.1 Å². The molecule has 158 valence electrons. The summed E-state index contributed by atoms with van der Waals surface area (Å²) in [5, 5.41) is 9.01. The zero-order chi connectivity index (χ0) is 21.7. The molecular weight excluding hydrogens is 376 g/mol. The summed E-state index contributed by atoms with van der Waals surface area (Å²) in [4.78, 5) is 36.1. The maximum absolute atomic E-state index is 12.4. The van der Waals surface area contributed by atoms with Crippen LogP contribution in [0.3, 0.4) is 0 Å². The molecule has 1 aliphatic carbocycles. The quantitative estimate of drug-likeness (QED) is 0.333. The van der Waals surface area contributed by atoms with Gasteiger partial charge in [-0.1, -0.05) is 18.2 Å². The van der Waals surface area contributed by atoms with Gasteiger partial charge >= 0.3 is 17.9 Å². The smallest absolute Gasteiger partial charge is 0.334 e. The molecule has 0 bridgehead atoms. The zero-order valence-corrected chi connectivity index (χ0v) is 17.3. The number of rotatable bonds is 4. The van der Waals surface area contributed by atoms with Crippen molar-refractivity contribution in [3.8, 4) is 0 Å². The van der Waals surface area contributed by atoms with Gasteiger partial charge in [-0.2, -0.15) is 0 Å². The Kier molecular flexibility index (Phi) is 7.56. The number of ether oxygens (including phenoxy) is 3. The Morgan fingerprint density at radius 2 is 2.00 bits per heavy atom. The van der Waals surface area contributed by atoms with Gasteiger partial charge in [0.1, 0.15) is 18.3 Å². The molecule has 4 atom stereocenters. The number of carbonyl (C=O) groups is 3. The number of esters is 3. The molecule has 0 aromatic heterocycles. The van der Waals surface area contributed by atoms with E-state index in [9.17, 15) is 14.4 Å². The Labute approximate surface area is 170 Å². The molecule has 0 aromatic carbocycles. The number of fused-ring (bicyclic) bond motifs is 1. The molecule has 0 aromatic rings. The van der Waals surface area contributed by atoms with Crippen LogP contribution in [0.2, 0.25) is 0 Å². The van der Waals surface area contributed by atoms with Gasteiger partial charge in [0.15, 0.2) is 0 Å². The van der Waals surface area contributed by atoms with Crippen LogP contribution in [0, 0.1) is 5.92 Å². The first-order valence-corrected chi connectivity index (χ1v) is 9.53. The van der Waals surface area contributed by atoms with E-state index in [0.717, 1.165) is 11.1 Å². The van der Waals surface area contributed by atoms with Crippen molar-refractivity contribution < 1.29 is 33.7 Å². The summed E-state index contributed by atoms with van der Waals surface area (Å²) in [5.41, 5.74) is 2.17. The average Bonchev–Trinajstić information content (AvgIpc) is 2.90. The van der Waals surface area contributed by atoms with Gasteiger partial charge in [-0.05, 0) is 38.5 Å². The molecule has 1 saturated heterocycles. The van der Waals surface area contributed by atoms with E-state index < -0.39 is 42.1 Å². The molecule has 7 heteroatoms. The van der Waals surface area contributed by atoms with E-state index in [1.807, 2.05) is 13.0 Å². The van der Waals surface area contributed by atoms with Gasteiger partial charge in [0.05, 0.1) is 12.5 Å². The Morgan fingerprint density at radius 1 is 1.31 bits per heavy atom. The standard InChI is InChI=1S/C22H28O7/c1-12-6-7-17(27-16(5)24)14(3)11-19-20(15(4)22(26)29-19)18(10-12)28-21(25)13(2)8-9-23/h6,8,11,17-20,23H,4,7,9-10H2,1-3,5H3/b12-6+,13-8+,14-11+/t17-,18-,19+,20+/m1/s1. The molecule has 2 rings (SSSR count). The van der Waals surface area contributed by atoms with Crippen molar-refractivity contribution >= 4 is 17.9 Å². The maximum Gasteiger partial charge on any atom is 0.334 e. The minimum atomic E-state index is -0.682. The first-order valence-electron chi connectivity index (χ1n) is 9.53. The van der Waals surface area contributed by atoms with Gasteiger partial charge in [-0.25, -0.2) is 9.59 Å². The van der Waals surface area contributed by atoms with Crippen molar-refractivity contribution in [2.75, 3.05) is 6.61 Å². The maximum atomic E-state index is 12.4. The lowest BCUT2D eigenvalue weighted by molar-refractivity contribution is -0.148. The van der Waals surface area contributed by atoms with Gasteiger partial charge in [0.25, 0.3) is 0 Å². The van der Waals surface area contributed by atoms with Crippen LogP contribution in [0.15, 0.2) is 47.1 Å². The van der Waals surface area contributed by atoms with Crippen LogP contribution in [0.25, 0.3) is 0 Å². The minimum absolute atomic E-state index is 0.234. The number of carbonyl (C=O) groups excluding carboxylic acids is 3. The molecule has 0 saturated carbocycles. The van der Waals surface area contributed by atoms with Gasteiger partial charge in [0.2, 0.25) is 0 Å². The number of aliphatic hydroxyl groups excluding tert-OH is 1. The van der Waals surface area contributed by atoms with E-state index in [1.165, 1.54) is 13.0 Å². The fraction of sp³-hybridized carbons (Fsp3) is 0.500. The third-order valence-corrected chi connectivity index (χ3v) is 5.09. The summed E-state index contributed by atoms with van der Waals surface area (Å²) >= 11 is 0. The Morgan fingerprint density at radius 3 is 2.62 bits per heavy atom. The van der Waals surface area contributed by atoms with Gasteiger partial charge in [-0.15, -0.1) is 0 Å².